The van der Waals surface area contributed by atoms with Gasteiger partial charge in [-0.3, -0.25) is 0 Å². The van der Waals surface area contributed by atoms with E-state index < -0.39 is 0 Å². The summed E-state index contributed by atoms with van der Waals surface area (Å²) < 4.78 is 0. The second-order valence-corrected chi connectivity index (χ2v) is 4.91. The minimum atomic E-state index is 0.778. The fourth-order valence-corrected chi connectivity index (χ4v) is 2.70. The third-order valence-corrected chi connectivity index (χ3v) is 3.68. The van der Waals surface area contributed by atoms with Gasteiger partial charge in [0.25, 0.3) is 0 Å². The summed E-state index contributed by atoms with van der Waals surface area (Å²) in [5.74, 6) is 0.806. The highest BCUT2D eigenvalue weighted by molar-refractivity contribution is 5.20. The van der Waals surface area contributed by atoms with Crippen LogP contribution in [0.15, 0.2) is 30.3 Å². The molecule has 0 spiro atoms. The largest absolute Gasteiger partial charge is 0.314 e. The third-order valence-electron chi connectivity index (χ3n) is 3.68. The van der Waals surface area contributed by atoms with Crippen molar-refractivity contribution in [3.8, 4) is 0 Å². The van der Waals surface area contributed by atoms with E-state index in [0.29, 0.717) is 0 Å². The van der Waals surface area contributed by atoms with Gasteiger partial charge in [-0.2, -0.15) is 0 Å². The van der Waals surface area contributed by atoms with Crippen LogP contribution in [0.5, 0.6) is 0 Å². The second kappa shape index (κ2) is 6.05. The van der Waals surface area contributed by atoms with Gasteiger partial charge in [0.1, 0.15) is 0 Å². The highest BCUT2D eigenvalue weighted by Crippen LogP contribution is 2.32. The number of hydrogen-bond donors (Lipinski definition) is 1. The molecule has 1 aliphatic carbocycles. The zero-order chi connectivity index (χ0) is 11.2. The Hall–Kier alpha value is -0.820. The Morgan fingerprint density at radius 3 is 2.38 bits per heavy atom. The van der Waals surface area contributed by atoms with E-state index in [1.165, 1.54) is 44.2 Å². The van der Waals surface area contributed by atoms with Gasteiger partial charge in [0.15, 0.2) is 0 Å². The normalized spacial score (nSPS) is 25.6. The minimum absolute atomic E-state index is 0.778. The molecular formula is C15H23N. The molecule has 0 aliphatic heterocycles. The minimum Gasteiger partial charge on any atom is -0.314 e. The van der Waals surface area contributed by atoms with Crippen LogP contribution in [0.4, 0.5) is 0 Å². The summed E-state index contributed by atoms with van der Waals surface area (Å²) >= 11 is 0. The maximum Gasteiger partial charge on any atom is 0.00674 e. The van der Waals surface area contributed by atoms with Gasteiger partial charge < -0.3 is 5.32 Å². The molecule has 0 saturated heterocycles. The van der Waals surface area contributed by atoms with Gasteiger partial charge in [-0.05, 0) is 50.1 Å². The molecule has 0 atom stereocenters. The van der Waals surface area contributed by atoms with Crippen LogP contribution in [0.1, 0.15) is 50.5 Å². The van der Waals surface area contributed by atoms with Gasteiger partial charge in [-0.25, -0.2) is 0 Å². The lowest BCUT2D eigenvalue weighted by molar-refractivity contribution is 0.343. The van der Waals surface area contributed by atoms with Crippen LogP contribution >= 0.6 is 0 Å². The molecule has 0 amide bonds. The van der Waals surface area contributed by atoms with E-state index in [2.05, 4.69) is 42.6 Å². The van der Waals surface area contributed by atoms with E-state index >= 15 is 0 Å². The van der Waals surface area contributed by atoms with Crippen molar-refractivity contribution in [3.63, 3.8) is 0 Å². The number of hydrogen-bond acceptors (Lipinski definition) is 1. The predicted molar refractivity (Wildman–Crippen MR) is 69.7 cm³/mol. The monoisotopic (exact) mass is 217 g/mol. The molecule has 0 bridgehead atoms. The zero-order valence-electron chi connectivity index (χ0n) is 10.3. The third kappa shape index (κ3) is 3.08. The Balaban J connectivity index is 1.81. The van der Waals surface area contributed by atoms with Crippen LogP contribution < -0.4 is 5.32 Å². The van der Waals surface area contributed by atoms with E-state index in [-0.39, 0.29) is 0 Å². The first-order valence-electron chi connectivity index (χ1n) is 6.68. The van der Waals surface area contributed by atoms with E-state index in [9.17, 15) is 0 Å². The Morgan fingerprint density at radius 2 is 1.75 bits per heavy atom. The molecule has 1 heteroatoms. The van der Waals surface area contributed by atoms with Crippen molar-refractivity contribution in [2.75, 3.05) is 6.54 Å². The summed E-state index contributed by atoms with van der Waals surface area (Å²) in [7, 11) is 0. The molecule has 2 rings (SSSR count). The van der Waals surface area contributed by atoms with E-state index in [4.69, 9.17) is 0 Å². The summed E-state index contributed by atoms with van der Waals surface area (Å²) in [6.07, 6.45) is 6.65. The quantitative estimate of drug-likeness (QED) is 0.810. The van der Waals surface area contributed by atoms with Gasteiger partial charge >= 0.3 is 0 Å². The van der Waals surface area contributed by atoms with E-state index in [1.807, 2.05) is 0 Å². The van der Waals surface area contributed by atoms with E-state index in [0.717, 1.165) is 12.0 Å². The summed E-state index contributed by atoms with van der Waals surface area (Å²) in [5.41, 5.74) is 1.54. The molecule has 88 valence electrons. The summed E-state index contributed by atoms with van der Waals surface area (Å²) in [5, 5.41) is 3.64. The Bertz CT molecular complexity index is 286. The standard InChI is InChI=1S/C15H23N/c1-2-12-16-15-10-8-14(9-11-15)13-6-4-3-5-7-13/h3-7,14-16H,2,8-12H2,1H3. The van der Waals surface area contributed by atoms with Crippen LogP contribution in [-0.2, 0) is 0 Å². The van der Waals surface area contributed by atoms with Gasteiger partial charge in [-0.1, -0.05) is 37.3 Å². The maximum atomic E-state index is 3.64. The molecule has 1 aliphatic rings. The van der Waals surface area contributed by atoms with Crippen molar-refractivity contribution >= 4 is 0 Å². The molecule has 1 aromatic carbocycles. The van der Waals surface area contributed by atoms with Crippen molar-refractivity contribution in [1.29, 1.82) is 0 Å². The average molecular weight is 217 g/mol. The molecular weight excluding hydrogens is 194 g/mol. The Kier molecular flexibility index (Phi) is 4.41. The zero-order valence-corrected chi connectivity index (χ0v) is 10.3. The fourth-order valence-electron chi connectivity index (χ4n) is 2.70. The van der Waals surface area contributed by atoms with Gasteiger partial charge in [0.05, 0.1) is 0 Å². The lowest BCUT2D eigenvalue weighted by Crippen LogP contribution is -2.33. The number of benzene rings is 1. The first-order chi connectivity index (χ1) is 7.90. The first-order valence-corrected chi connectivity index (χ1v) is 6.68. The molecule has 0 aromatic heterocycles. The lowest BCUT2D eigenvalue weighted by atomic mass is 9.82. The van der Waals surface area contributed by atoms with Crippen molar-refractivity contribution in [1.82, 2.24) is 5.32 Å². The highest BCUT2D eigenvalue weighted by atomic mass is 14.9. The summed E-state index contributed by atoms with van der Waals surface area (Å²) in [4.78, 5) is 0. The molecule has 1 nitrogen and oxygen atoms in total. The lowest BCUT2D eigenvalue weighted by Gasteiger charge is -2.29. The average Bonchev–Trinajstić information content (AvgIpc) is 2.38. The molecule has 1 aromatic rings. The maximum absolute atomic E-state index is 3.64. The molecule has 1 fully saturated rings. The molecule has 0 radical (unpaired) electrons. The predicted octanol–water partition coefficient (Wildman–Crippen LogP) is 3.71. The SMILES string of the molecule is CCCNC1CCC(c2ccccc2)CC1. The molecule has 1 N–H and O–H groups in total. The molecule has 0 unspecified atom stereocenters. The highest BCUT2D eigenvalue weighted by Gasteiger charge is 2.21. The number of nitrogens with one attached hydrogen (secondary N) is 1. The Morgan fingerprint density at radius 1 is 1.06 bits per heavy atom. The van der Waals surface area contributed by atoms with Gasteiger partial charge in [0, 0.05) is 6.04 Å². The van der Waals surface area contributed by atoms with Crippen LogP contribution in [0, 0.1) is 0 Å². The van der Waals surface area contributed by atoms with Crippen LogP contribution in [-0.4, -0.2) is 12.6 Å². The van der Waals surface area contributed by atoms with Crippen LogP contribution in [0.3, 0.4) is 0 Å². The van der Waals surface area contributed by atoms with Gasteiger partial charge in [-0.15, -0.1) is 0 Å². The molecule has 0 heterocycles. The first kappa shape index (κ1) is 11.7. The van der Waals surface area contributed by atoms with Crippen LogP contribution in [0.25, 0.3) is 0 Å². The Labute approximate surface area is 99.3 Å². The molecule has 16 heavy (non-hydrogen) atoms. The summed E-state index contributed by atoms with van der Waals surface area (Å²) in [6.45, 7) is 3.42. The van der Waals surface area contributed by atoms with Crippen molar-refractivity contribution < 1.29 is 0 Å². The number of rotatable bonds is 4. The van der Waals surface area contributed by atoms with Crippen LogP contribution in [0.2, 0.25) is 0 Å². The van der Waals surface area contributed by atoms with Crippen molar-refractivity contribution in [2.24, 2.45) is 0 Å². The van der Waals surface area contributed by atoms with Crippen molar-refractivity contribution in [3.05, 3.63) is 35.9 Å². The summed E-state index contributed by atoms with van der Waals surface area (Å²) in [6, 6.07) is 11.8. The van der Waals surface area contributed by atoms with Gasteiger partial charge in [0.2, 0.25) is 0 Å². The van der Waals surface area contributed by atoms with E-state index in [1.54, 1.807) is 0 Å². The fraction of sp³-hybridized carbons (Fsp3) is 0.600. The van der Waals surface area contributed by atoms with Crippen molar-refractivity contribution in [2.45, 2.75) is 51.0 Å². The topological polar surface area (TPSA) is 12.0 Å². The second-order valence-electron chi connectivity index (χ2n) is 4.91. The molecule has 1 saturated carbocycles. The smallest absolute Gasteiger partial charge is 0.00674 e.